The second kappa shape index (κ2) is 7.74. The van der Waals surface area contributed by atoms with E-state index in [1.807, 2.05) is 20.8 Å². The maximum atomic E-state index is 12.3. The Balaban J connectivity index is 2.79. The maximum Gasteiger partial charge on any atom is 0.240 e. The summed E-state index contributed by atoms with van der Waals surface area (Å²) >= 11 is 0. The van der Waals surface area contributed by atoms with Gasteiger partial charge in [-0.3, -0.25) is 0 Å². The molecule has 0 saturated carbocycles. The predicted molar refractivity (Wildman–Crippen MR) is 92.4 cm³/mol. The van der Waals surface area contributed by atoms with Crippen LogP contribution in [0.15, 0.2) is 23.1 Å². The molecule has 0 aliphatic carbocycles. The van der Waals surface area contributed by atoms with E-state index in [-0.39, 0.29) is 23.9 Å². The lowest BCUT2D eigenvalue weighted by Crippen LogP contribution is -2.40. The summed E-state index contributed by atoms with van der Waals surface area (Å²) in [6.07, 6.45) is 1.13. The van der Waals surface area contributed by atoms with Gasteiger partial charge < -0.3 is 0 Å². The van der Waals surface area contributed by atoms with E-state index in [4.69, 9.17) is 0 Å². The Labute approximate surface area is 140 Å². The van der Waals surface area contributed by atoms with Crippen LogP contribution in [0.3, 0.4) is 0 Å². The first-order valence-corrected chi connectivity index (χ1v) is 10.8. The van der Waals surface area contributed by atoms with E-state index in [0.29, 0.717) is 12.1 Å². The van der Waals surface area contributed by atoms with Gasteiger partial charge in [-0.05, 0) is 31.4 Å². The van der Waals surface area contributed by atoms with Crippen molar-refractivity contribution in [3.05, 3.63) is 29.3 Å². The average Bonchev–Trinajstić information content (AvgIpc) is 2.35. The number of rotatable bonds is 8. The van der Waals surface area contributed by atoms with Crippen molar-refractivity contribution in [1.29, 1.82) is 0 Å². The van der Waals surface area contributed by atoms with Crippen molar-refractivity contribution < 1.29 is 16.8 Å². The predicted octanol–water partition coefficient (Wildman–Crippen LogP) is 1.50. The molecule has 0 saturated heterocycles. The fourth-order valence-corrected chi connectivity index (χ4v) is 4.52. The summed E-state index contributed by atoms with van der Waals surface area (Å²) in [5, 5.41) is 0. The SMILES string of the molecule is Cc1ccc(S(=O)(=O)NCCN(CC(C)C)S(C)(=O)=O)c(C)c1. The standard InChI is InChI=1S/C15H26N2O4S2/c1-12(2)11-17(22(5,18)19)9-8-16-23(20,21)15-7-6-13(3)10-14(15)4/h6-7,10,12,16H,8-9,11H2,1-5H3. The van der Waals surface area contributed by atoms with Gasteiger partial charge in [0.15, 0.2) is 0 Å². The average molecular weight is 363 g/mol. The van der Waals surface area contributed by atoms with Crippen LogP contribution in [0.4, 0.5) is 0 Å². The summed E-state index contributed by atoms with van der Waals surface area (Å²) < 4.78 is 51.9. The molecule has 0 radical (unpaired) electrons. The van der Waals surface area contributed by atoms with Crippen LogP contribution >= 0.6 is 0 Å². The Bertz CT molecular complexity index is 741. The van der Waals surface area contributed by atoms with E-state index < -0.39 is 20.0 Å². The fourth-order valence-electron chi connectivity index (χ4n) is 2.28. The molecule has 0 spiro atoms. The van der Waals surface area contributed by atoms with Crippen LogP contribution in [0.5, 0.6) is 0 Å². The van der Waals surface area contributed by atoms with Crippen LogP contribution in [-0.4, -0.2) is 47.0 Å². The lowest BCUT2D eigenvalue weighted by atomic mass is 10.2. The summed E-state index contributed by atoms with van der Waals surface area (Å²) in [7, 11) is -7.01. The summed E-state index contributed by atoms with van der Waals surface area (Å²) in [6, 6.07) is 5.11. The lowest BCUT2D eigenvalue weighted by Gasteiger charge is -2.22. The van der Waals surface area contributed by atoms with Gasteiger partial charge in [-0.25, -0.2) is 25.9 Å². The zero-order valence-corrected chi connectivity index (χ0v) is 16.0. The first kappa shape index (κ1) is 20.1. The van der Waals surface area contributed by atoms with Crippen molar-refractivity contribution in [1.82, 2.24) is 9.03 Å². The first-order chi connectivity index (χ1) is 10.4. The Morgan fingerprint density at radius 2 is 1.74 bits per heavy atom. The number of sulfonamides is 2. The molecule has 8 heteroatoms. The molecule has 0 aliphatic heterocycles. The minimum absolute atomic E-state index is 0.0371. The molecule has 0 fully saturated rings. The molecule has 1 aromatic carbocycles. The Morgan fingerprint density at radius 3 is 2.22 bits per heavy atom. The van der Waals surface area contributed by atoms with E-state index in [9.17, 15) is 16.8 Å². The van der Waals surface area contributed by atoms with Crippen LogP contribution in [0.25, 0.3) is 0 Å². The number of nitrogens with zero attached hydrogens (tertiary/aromatic N) is 1. The van der Waals surface area contributed by atoms with Gasteiger partial charge in [-0.2, -0.15) is 0 Å². The molecular formula is C15H26N2O4S2. The molecule has 6 nitrogen and oxygen atoms in total. The minimum Gasteiger partial charge on any atom is -0.213 e. The van der Waals surface area contributed by atoms with Gasteiger partial charge in [0.2, 0.25) is 20.0 Å². The molecule has 1 aromatic rings. The summed E-state index contributed by atoms with van der Waals surface area (Å²) in [6.45, 7) is 7.98. The largest absolute Gasteiger partial charge is 0.240 e. The third-order valence-electron chi connectivity index (χ3n) is 3.31. The Kier molecular flexibility index (Phi) is 6.76. The maximum absolute atomic E-state index is 12.3. The van der Waals surface area contributed by atoms with Crippen molar-refractivity contribution in [2.24, 2.45) is 5.92 Å². The van der Waals surface area contributed by atoms with Crippen LogP contribution in [0, 0.1) is 19.8 Å². The second-order valence-corrected chi connectivity index (χ2v) is 9.90. The molecule has 132 valence electrons. The molecule has 0 unspecified atom stereocenters. The van der Waals surface area contributed by atoms with Gasteiger partial charge in [0.1, 0.15) is 0 Å². The molecule has 1 rings (SSSR count). The van der Waals surface area contributed by atoms with Gasteiger partial charge in [-0.15, -0.1) is 0 Å². The molecule has 0 aliphatic rings. The van der Waals surface area contributed by atoms with E-state index in [0.717, 1.165) is 11.8 Å². The summed E-state index contributed by atoms with van der Waals surface area (Å²) in [4.78, 5) is 0.220. The number of benzene rings is 1. The van der Waals surface area contributed by atoms with Crippen molar-refractivity contribution in [2.75, 3.05) is 25.9 Å². The number of aryl methyl sites for hydroxylation is 2. The van der Waals surface area contributed by atoms with Gasteiger partial charge in [0.25, 0.3) is 0 Å². The zero-order valence-electron chi connectivity index (χ0n) is 14.3. The molecule has 0 bridgehead atoms. The molecular weight excluding hydrogens is 336 g/mol. The molecule has 0 atom stereocenters. The number of hydrogen-bond donors (Lipinski definition) is 1. The van der Waals surface area contributed by atoms with Gasteiger partial charge >= 0.3 is 0 Å². The van der Waals surface area contributed by atoms with E-state index >= 15 is 0 Å². The highest BCUT2D eigenvalue weighted by molar-refractivity contribution is 7.89. The van der Waals surface area contributed by atoms with Gasteiger partial charge in [-0.1, -0.05) is 31.5 Å². The van der Waals surface area contributed by atoms with Crippen LogP contribution < -0.4 is 4.72 Å². The van der Waals surface area contributed by atoms with E-state index in [1.165, 1.54) is 4.31 Å². The highest BCUT2D eigenvalue weighted by Crippen LogP contribution is 2.16. The van der Waals surface area contributed by atoms with Crippen molar-refractivity contribution in [3.8, 4) is 0 Å². The zero-order chi connectivity index (χ0) is 17.8. The quantitative estimate of drug-likeness (QED) is 0.760. The monoisotopic (exact) mass is 362 g/mol. The van der Waals surface area contributed by atoms with Crippen molar-refractivity contribution in [3.63, 3.8) is 0 Å². The van der Waals surface area contributed by atoms with E-state index in [2.05, 4.69) is 4.72 Å². The number of hydrogen-bond acceptors (Lipinski definition) is 4. The molecule has 23 heavy (non-hydrogen) atoms. The third kappa shape index (κ3) is 6.21. The lowest BCUT2D eigenvalue weighted by molar-refractivity contribution is 0.372. The van der Waals surface area contributed by atoms with Gasteiger partial charge in [0, 0.05) is 19.6 Å². The smallest absolute Gasteiger partial charge is 0.213 e. The van der Waals surface area contributed by atoms with Crippen LogP contribution in [0.2, 0.25) is 0 Å². The number of nitrogens with one attached hydrogen (secondary N) is 1. The molecule has 1 N–H and O–H groups in total. The van der Waals surface area contributed by atoms with Crippen LogP contribution in [-0.2, 0) is 20.0 Å². The van der Waals surface area contributed by atoms with Crippen LogP contribution in [0.1, 0.15) is 25.0 Å². The topological polar surface area (TPSA) is 83.6 Å². The van der Waals surface area contributed by atoms with E-state index in [1.54, 1.807) is 25.1 Å². The minimum atomic E-state index is -3.65. The fraction of sp³-hybridized carbons (Fsp3) is 0.600. The van der Waals surface area contributed by atoms with Crippen molar-refractivity contribution in [2.45, 2.75) is 32.6 Å². The molecule has 0 heterocycles. The second-order valence-electron chi connectivity index (χ2n) is 6.18. The molecule has 0 aromatic heterocycles. The normalized spacial score (nSPS) is 13.0. The van der Waals surface area contributed by atoms with Gasteiger partial charge in [0.05, 0.1) is 11.2 Å². The third-order valence-corrected chi connectivity index (χ3v) is 6.20. The Hall–Kier alpha value is -0.960. The first-order valence-electron chi connectivity index (χ1n) is 7.45. The summed E-state index contributed by atoms with van der Waals surface area (Å²) in [5.74, 6) is 0.167. The highest BCUT2D eigenvalue weighted by Gasteiger charge is 2.20. The molecule has 0 amide bonds. The van der Waals surface area contributed by atoms with Crippen molar-refractivity contribution >= 4 is 20.0 Å². The highest BCUT2D eigenvalue weighted by atomic mass is 32.2. The summed E-state index contributed by atoms with van der Waals surface area (Å²) in [5.41, 5.74) is 1.65. The Morgan fingerprint density at radius 1 is 1.13 bits per heavy atom.